The van der Waals surface area contributed by atoms with Gasteiger partial charge in [0, 0.05) is 17.4 Å². The lowest BCUT2D eigenvalue weighted by molar-refractivity contribution is 0.141. The van der Waals surface area contributed by atoms with Crippen LogP contribution in [0.5, 0.6) is 5.75 Å². The Morgan fingerprint density at radius 2 is 2.06 bits per heavy atom. The first-order valence-corrected chi connectivity index (χ1v) is 6.12. The van der Waals surface area contributed by atoms with Crippen LogP contribution in [-0.4, -0.2) is 18.7 Å². The van der Waals surface area contributed by atoms with Gasteiger partial charge in [0.15, 0.2) is 0 Å². The minimum atomic E-state index is 0.496. The maximum Gasteiger partial charge on any atom is 0.118 e. The topological polar surface area (TPSA) is 57.4 Å². The van der Waals surface area contributed by atoms with E-state index in [1.54, 1.807) is 18.4 Å². The zero-order valence-corrected chi connectivity index (χ0v) is 10.4. The second-order valence-electron chi connectivity index (χ2n) is 3.48. The van der Waals surface area contributed by atoms with Gasteiger partial charge in [0.25, 0.3) is 0 Å². The maximum atomic E-state index is 5.12. The highest BCUT2D eigenvalue weighted by atomic mass is 32.1. The molecule has 2 aromatic rings. The van der Waals surface area contributed by atoms with Crippen LogP contribution in [0.4, 0.5) is 0 Å². The third-order valence-electron chi connectivity index (χ3n) is 2.37. The molecule has 5 heteroatoms. The number of thiazole rings is 1. The number of benzene rings is 1. The van der Waals surface area contributed by atoms with Crippen LogP contribution in [-0.2, 0) is 11.3 Å². The summed E-state index contributed by atoms with van der Waals surface area (Å²) in [6.07, 6.45) is 0.747. The van der Waals surface area contributed by atoms with Gasteiger partial charge in [-0.3, -0.25) is 0 Å². The number of nitrogens with two attached hydrogens (primary N) is 1. The molecule has 0 saturated heterocycles. The van der Waals surface area contributed by atoms with Crippen molar-refractivity contribution in [3.05, 3.63) is 34.7 Å². The van der Waals surface area contributed by atoms with E-state index in [0.29, 0.717) is 6.61 Å². The van der Waals surface area contributed by atoms with Crippen molar-refractivity contribution in [3.8, 4) is 17.0 Å². The molecule has 1 heterocycles. The highest BCUT2D eigenvalue weighted by Crippen LogP contribution is 2.24. The third kappa shape index (κ3) is 3.03. The van der Waals surface area contributed by atoms with Crippen LogP contribution in [0.3, 0.4) is 0 Å². The summed E-state index contributed by atoms with van der Waals surface area (Å²) in [6.45, 7) is 0.496. The summed E-state index contributed by atoms with van der Waals surface area (Å²) in [5, 5.41) is 3.06. The van der Waals surface area contributed by atoms with Gasteiger partial charge >= 0.3 is 0 Å². The molecule has 0 amide bonds. The van der Waals surface area contributed by atoms with Crippen molar-refractivity contribution in [2.45, 2.75) is 6.42 Å². The lowest BCUT2D eigenvalue weighted by atomic mass is 10.2. The number of ether oxygens (including phenoxy) is 1. The summed E-state index contributed by atoms with van der Waals surface area (Å²) in [5.74, 6) is 5.84. The van der Waals surface area contributed by atoms with Crippen LogP contribution in [0.15, 0.2) is 29.6 Å². The average molecular weight is 250 g/mol. The zero-order chi connectivity index (χ0) is 12.1. The lowest BCUT2D eigenvalue weighted by Crippen LogP contribution is -2.03. The highest BCUT2D eigenvalue weighted by Gasteiger charge is 2.04. The monoisotopic (exact) mass is 250 g/mol. The molecule has 0 unspecified atom stereocenters. The molecule has 90 valence electrons. The van der Waals surface area contributed by atoms with Crippen LogP contribution in [0, 0.1) is 0 Å². The van der Waals surface area contributed by atoms with Crippen molar-refractivity contribution in [1.29, 1.82) is 0 Å². The molecule has 1 aromatic carbocycles. The van der Waals surface area contributed by atoms with Crippen molar-refractivity contribution in [3.63, 3.8) is 0 Å². The predicted molar refractivity (Wildman–Crippen MR) is 67.9 cm³/mol. The van der Waals surface area contributed by atoms with Gasteiger partial charge < -0.3 is 9.57 Å². The molecular formula is C12H14N2O2S. The summed E-state index contributed by atoms with van der Waals surface area (Å²) in [4.78, 5) is 9.06. The Morgan fingerprint density at radius 1 is 1.29 bits per heavy atom. The molecule has 2 rings (SSSR count). The quantitative estimate of drug-likeness (QED) is 0.827. The van der Waals surface area contributed by atoms with E-state index in [1.807, 2.05) is 29.6 Å². The van der Waals surface area contributed by atoms with Gasteiger partial charge in [-0.05, 0) is 24.3 Å². The van der Waals surface area contributed by atoms with E-state index in [9.17, 15) is 0 Å². The molecule has 17 heavy (non-hydrogen) atoms. The normalized spacial score (nSPS) is 10.5. The van der Waals surface area contributed by atoms with E-state index in [-0.39, 0.29) is 0 Å². The first-order chi connectivity index (χ1) is 8.33. The van der Waals surface area contributed by atoms with Crippen LogP contribution in [0.25, 0.3) is 11.3 Å². The van der Waals surface area contributed by atoms with E-state index in [2.05, 4.69) is 9.82 Å². The molecule has 2 N–H and O–H groups in total. The average Bonchev–Trinajstić information content (AvgIpc) is 2.85. The van der Waals surface area contributed by atoms with Gasteiger partial charge in [0.2, 0.25) is 0 Å². The van der Waals surface area contributed by atoms with Gasteiger partial charge in [-0.2, -0.15) is 0 Å². The number of nitrogens with zero attached hydrogens (tertiary/aromatic N) is 1. The van der Waals surface area contributed by atoms with E-state index < -0.39 is 0 Å². The Hall–Kier alpha value is -1.43. The molecule has 0 fully saturated rings. The SMILES string of the molecule is COc1ccc(-c2csc(CCON)n2)cc1. The largest absolute Gasteiger partial charge is 0.497 e. The lowest BCUT2D eigenvalue weighted by Gasteiger charge is -2.00. The minimum Gasteiger partial charge on any atom is -0.497 e. The van der Waals surface area contributed by atoms with Crippen LogP contribution < -0.4 is 10.6 Å². The molecule has 0 aliphatic heterocycles. The molecule has 0 saturated carbocycles. The van der Waals surface area contributed by atoms with E-state index in [0.717, 1.165) is 28.4 Å². The number of aromatic nitrogens is 1. The van der Waals surface area contributed by atoms with Crippen molar-refractivity contribution >= 4 is 11.3 Å². The molecule has 0 atom stereocenters. The van der Waals surface area contributed by atoms with Gasteiger partial charge in [0.05, 0.1) is 24.4 Å². The van der Waals surface area contributed by atoms with Gasteiger partial charge in [-0.25, -0.2) is 10.9 Å². The third-order valence-corrected chi connectivity index (χ3v) is 3.28. The molecule has 0 spiro atoms. The zero-order valence-electron chi connectivity index (χ0n) is 9.55. The fourth-order valence-electron chi connectivity index (χ4n) is 1.47. The molecule has 4 nitrogen and oxygen atoms in total. The first kappa shape index (κ1) is 12.0. The molecule has 0 bridgehead atoms. The molecule has 1 aromatic heterocycles. The fraction of sp³-hybridized carbons (Fsp3) is 0.250. The standard InChI is InChI=1S/C12H14N2O2S/c1-15-10-4-2-9(3-5-10)11-8-17-12(14-11)6-7-16-13/h2-5,8H,6-7,13H2,1H3. The smallest absolute Gasteiger partial charge is 0.118 e. The van der Waals surface area contributed by atoms with Crippen molar-refractivity contribution < 1.29 is 9.57 Å². The Labute approximate surface area is 104 Å². The summed E-state index contributed by atoms with van der Waals surface area (Å²) in [6, 6.07) is 7.85. The van der Waals surface area contributed by atoms with Crippen LogP contribution in [0.1, 0.15) is 5.01 Å². The summed E-state index contributed by atoms with van der Waals surface area (Å²) in [5.41, 5.74) is 2.06. The Bertz CT molecular complexity index is 468. The fourth-order valence-corrected chi connectivity index (χ4v) is 2.26. The van der Waals surface area contributed by atoms with Crippen molar-refractivity contribution in [2.24, 2.45) is 5.90 Å². The summed E-state index contributed by atoms with van der Waals surface area (Å²) in [7, 11) is 1.66. The van der Waals surface area contributed by atoms with Crippen molar-refractivity contribution in [1.82, 2.24) is 4.98 Å². The Balaban J connectivity index is 2.12. The Morgan fingerprint density at radius 3 is 2.71 bits per heavy atom. The summed E-state index contributed by atoms with van der Waals surface area (Å²) >= 11 is 1.62. The maximum absolute atomic E-state index is 5.12. The molecule has 0 radical (unpaired) electrons. The van der Waals surface area contributed by atoms with E-state index in [4.69, 9.17) is 10.6 Å². The number of hydrogen-bond donors (Lipinski definition) is 1. The predicted octanol–water partition coefficient (Wildman–Crippen LogP) is 2.25. The van der Waals surface area contributed by atoms with Crippen LogP contribution in [0.2, 0.25) is 0 Å². The number of methoxy groups -OCH3 is 1. The van der Waals surface area contributed by atoms with Crippen LogP contribution >= 0.6 is 11.3 Å². The second kappa shape index (κ2) is 5.77. The van der Waals surface area contributed by atoms with E-state index in [1.165, 1.54) is 0 Å². The van der Waals surface area contributed by atoms with E-state index >= 15 is 0 Å². The van der Waals surface area contributed by atoms with Gasteiger partial charge in [0.1, 0.15) is 5.75 Å². The van der Waals surface area contributed by atoms with Crippen molar-refractivity contribution in [2.75, 3.05) is 13.7 Å². The summed E-state index contributed by atoms with van der Waals surface area (Å²) < 4.78 is 5.12. The number of hydrogen-bond acceptors (Lipinski definition) is 5. The molecular weight excluding hydrogens is 236 g/mol. The van der Waals surface area contributed by atoms with Gasteiger partial charge in [-0.1, -0.05) is 0 Å². The van der Waals surface area contributed by atoms with Gasteiger partial charge in [-0.15, -0.1) is 11.3 Å². The Kier molecular flexibility index (Phi) is 4.08. The second-order valence-corrected chi connectivity index (χ2v) is 4.42. The molecule has 0 aliphatic carbocycles. The molecule has 0 aliphatic rings. The number of rotatable bonds is 5. The minimum absolute atomic E-state index is 0.496. The first-order valence-electron chi connectivity index (χ1n) is 5.24. The highest BCUT2D eigenvalue weighted by molar-refractivity contribution is 7.09.